The lowest BCUT2D eigenvalue weighted by molar-refractivity contribution is -0.152. The van der Waals surface area contributed by atoms with E-state index >= 15 is 0 Å². The van der Waals surface area contributed by atoms with Crippen LogP contribution >= 0.6 is 0 Å². The molecule has 100 valence electrons. The summed E-state index contributed by atoms with van der Waals surface area (Å²) in [5, 5.41) is 9.39. The zero-order chi connectivity index (χ0) is 12.9. The number of rotatable bonds is 6. The van der Waals surface area contributed by atoms with Crippen LogP contribution < -0.4 is 0 Å². The molecule has 0 spiro atoms. The zero-order valence-corrected chi connectivity index (χ0v) is 11.2. The van der Waals surface area contributed by atoms with Gasteiger partial charge in [-0.25, -0.2) is 0 Å². The first kappa shape index (κ1) is 14.5. The average molecular weight is 243 g/mol. The lowest BCUT2D eigenvalue weighted by Gasteiger charge is -2.39. The summed E-state index contributed by atoms with van der Waals surface area (Å²) in [6, 6.07) is 0. The van der Waals surface area contributed by atoms with Gasteiger partial charge in [0.05, 0.1) is 11.5 Å². The minimum atomic E-state index is -0.612. The van der Waals surface area contributed by atoms with Gasteiger partial charge < -0.3 is 14.7 Å². The van der Waals surface area contributed by atoms with Gasteiger partial charge in [-0.2, -0.15) is 0 Å². The van der Waals surface area contributed by atoms with Crippen molar-refractivity contribution in [1.29, 1.82) is 0 Å². The molecular formula is C13H25NO3. The lowest BCUT2D eigenvalue weighted by atomic mass is 9.75. The quantitative estimate of drug-likeness (QED) is 0.775. The van der Waals surface area contributed by atoms with E-state index in [1.54, 1.807) is 7.11 Å². The van der Waals surface area contributed by atoms with Crippen molar-refractivity contribution in [3.8, 4) is 0 Å². The Balaban J connectivity index is 2.50. The molecule has 1 rings (SSSR count). The summed E-state index contributed by atoms with van der Waals surface area (Å²) < 4.78 is 5.24. The summed E-state index contributed by atoms with van der Waals surface area (Å²) in [6.07, 6.45) is 3.51. The third kappa shape index (κ3) is 3.68. The number of carboxylic acid groups (broad SMARTS) is 1. The first-order valence-electron chi connectivity index (χ1n) is 6.52. The Kier molecular flexibility index (Phi) is 5.40. The number of methoxy groups -OCH3 is 1. The maximum Gasteiger partial charge on any atom is 0.309 e. The molecule has 0 aromatic rings. The standard InChI is InChI=1S/C13H25NO3/c1-4-5-13(12(15)16)6-8-14(9-7-13)10-11(2)17-3/h11H,4-10H2,1-3H3,(H,15,16). The Morgan fingerprint density at radius 2 is 2.06 bits per heavy atom. The van der Waals surface area contributed by atoms with Crippen LogP contribution in [0, 0.1) is 5.41 Å². The molecule has 1 saturated heterocycles. The summed E-state index contributed by atoms with van der Waals surface area (Å²) in [7, 11) is 1.72. The Labute approximate surface area is 104 Å². The van der Waals surface area contributed by atoms with E-state index < -0.39 is 11.4 Å². The van der Waals surface area contributed by atoms with Crippen LogP contribution in [0.15, 0.2) is 0 Å². The number of aliphatic carboxylic acids is 1. The molecule has 1 unspecified atom stereocenters. The maximum atomic E-state index is 11.4. The van der Waals surface area contributed by atoms with Crippen molar-refractivity contribution in [3.63, 3.8) is 0 Å². The van der Waals surface area contributed by atoms with Crippen LogP contribution in [0.5, 0.6) is 0 Å². The van der Waals surface area contributed by atoms with E-state index in [9.17, 15) is 9.90 Å². The molecule has 0 aromatic heterocycles. The van der Waals surface area contributed by atoms with E-state index in [-0.39, 0.29) is 6.10 Å². The van der Waals surface area contributed by atoms with Crippen LogP contribution in [0.3, 0.4) is 0 Å². The van der Waals surface area contributed by atoms with Crippen LogP contribution in [0.1, 0.15) is 39.5 Å². The third-order valence-corrected chi connectivity index (χ3v) is 3.91. The topological polar surface area (TPSA) is 49.8 Å². The van der Waals surface area contributed by atoms with Crippen molar-refractivity contribution < 1.29 is 14.6 Å². The molecule has 1 aliphatic rings. The highest BCUT2D eigenvalue weighted by atomic mass is 16.5. The smallest absolute Gasteiger partial charge is 0.309 e. The van der Waals surface area contributed by atoms with Gasteiger partial charge in [-0.3, -0.25) is 4.79 Å². The highest BCUT2D eigenvalue weighted by Crippen LogP contribution is 2.36. The van der Waals surface area contributed by atoms with E-state index in [4.69, 9.17) is 4.74 Å². The molecule has 1 fully saturated rings. The number of nitrogens with zero attached hydrogens (tertiary/aromatic N) is 1. The molecule has 0 amide bonds. The largest absolute Gasteiger partial charge is 0.481 e. The van der Waals surface area contributed by atoms with Gasteiger partial charge in [-0.05, 0) is 39.3 Å². The molecule has 1 N–H and O–H groups in total. The van der Waals surface area contributed by atoms with Gasteiger partial charge in [0.15, 0.2) is 0 Å². The van der Waals surface area contributed by atoms with Crippen LogP contribution in [0.4, 0.5) is 0 Å². The van der Waals surface area contributed by atoms with Gasteiger partial charge in [0, 0.05) is 13.7 Å². The first-order chi connectivity index (χ1) is 8.04. The van der Waals surface area contributed by atoms with Crippen LogP contribution in [-0.2, 0) is 9.53 Å². The molecule has 0 saturated carbocycles. The van der Waals surface area contributed by atoms with E-state index in [1.807, 2.05) is 6.92 Å². The number of piperidine rings is 1. The number of ether oxygens (including phenoxy) is 1. The lowest BCUT2D eigenvalue weighted by Crippen LogP contribution is -2.46. The number of hydrogen-bond donors (Lipinski definition) is 1. The second-order valence-corrected chi connectivity index (χ2v) is 5.18. The SMILES string of the molecule is CCCC1(C(=O)O)CCN(CC(C)OC)CC1. The summed E-state index contributed by atoms with van der Waals surface area (Å²) in [5.74, 6) is -0.612. The molecule has 17 heavy (non-hydrogen) atoms. The van der Waals surface area contributed by atoms with Crippen molar-refractivity contribution in [2.45, 2.75) is 45.6 Å². The molecule has 0 aromatic carbocycles. The van der Waals surface area contributed by atoms with Gasteiger partial charge in [-0.15, -0.1) is 0 Å². The minimum Gasteiger partial charge on any atom is -0.481 e. The Morgan fingerprint density at radius 1 is 1.47 bits per heavy atom. The minimum absolute atomic E-state index is 0.221. The second kappa shape index (κ2) is 6.36. The van der Waals surface area contributed by atoms with Crippen molar-refractivity contribution in [2.75, 3.05) is 26.7 Å². The summed E-state index contributed by atoms with van der Waals surface area (Å²) in [5.41, 5.74) is -0.471. The average Bonchev–Trinajstić information content (AvgIpc) is 2.31. The van der Waals surface area contributed by atoms with E-state index in [0.29, 0.717) is 0 Å². The molecular weight excluding hydrogens is 218 g/mol. The monoisotopic (exact) mass is 243 g/mol. The predicted molar refractivity (Wildman–Crippen MR) is 67.1 cm³/mol. The van der Waals surface area contributed by atoms with Gasteiger partial charge in [0.25, 0.3) is 0 Å². The molecule has 1 aliphatic heterocycles. The fraction of sp³-hybridized carbons (Fsp3) is 0.923. The van der Waals surface area contributed by atoms with E-state index in [2.05, 4.69) is 11.8 Å². The van der Waals surface area contributed by atoms with Crippen LogP contribution in [0.2, 0.25) is 0 Å². The Morgan fingerprint density at radius 3 is 2.47 bits per heavy atom. The molecule has 0 bridgehead atoms. The van der Waals surface area contributed by atoms with Crippen molar-refractivity contribution in [3.05, 3.63) is 0 Å². The van der Waals surface area contributed by atoms with E-state index in [1.165, 1.54) is 0 Å². The third-order valence-electron chi connectivity index (χ3n) is 3.91. The summed E-state index contributed by atoms with van der Waals surface area (Å²) in [6.45, 7) is 6.76. The maximum absolute atomic E-state index is 11.4. The van der Waals surface area contributed by atoms with Gasteiger partial charge >= 0.3 is 5.97 Å². The number of hydrogen-bond acceptors (Lipinski definition) is 3. The predicted octanol–water partition coefficient (Wildman–Crippen LogP) is 1.99. The van der Waals surface area contributed by atoms with Crippen molar-refractivity contribution in [2.24, 2.45) is 5.41 Å². The van der Waals surface area contributed by atoms with E-state index in [0.717, 1.165) is 45.3 Å². The highest BCUT2D eigenvalue weighted by molar-refractivity contribution is 5.74. The Bertz CT molecular complexity index is 247. The van der Waals surface area contributed by atoms with Gasteiger partial charge in [0.2, 0.25) is 0 Å². The molecule has 4 nitrogen and oxygen atoms in total. The van der Waals surface area contributed by atoms with Crippen LogP contribution in [0.25, 0.3) is 0 Å². The second-order valence-electron chi connectivity index (χ2n) is 5.18. The summed E-state index contributed by atoms with van der Waals surface area (Å²) >= 11 is 0. The number of likely N-dealkylation sites (tertiary alicyclic amines) is 1. The van der Waals surface area contributed by atoms with Crippen molar-refractivity contribution >= 4 is 5.97 Å². The molecule has 0 aliphatic carbocycles. The molecule has 1 atom stereocenters. The normalized spacial score (nSPS) is 22.3. The van der Waals surface area contributed by atoms with Gasteiger partial charge in [-0.1, -0.05) is 13.3 Å². The Hall–Kier alpha value is -0.610. The fourth-order valence-corrected chi connectivity index (χ4v) is 2.65. The first-order valence-corrected chi connectivity index (χ1v) is 6.52. The molecule has 0 radical (unpaired) electrons. The number of carboxylic acids is 1. The van der Waals surface area contributed by atoms with Gasteiger partial charge in [0.1, 0.15) is 0 Å². The molecule has 1 heterocycles. The summed E-state index contributed by atoms with van der Waals surface area (Å²) in [4.78, 5) is 13.7. The van der Waals surface area contributed by atoms with Crippen LogP contribution in [-0.4, -0.2) is 48.8 Å². The fourth-order valence-electron chi connectivity index (χ4n) is 2.65. The zero-order valence-electron chi connectivity index (χ0n) is 11.2. The molecule has 4 heteroatoms. The number of carbonyl (C=O) groups is 1. The highest BCUT2D eigenvalue weighted by Gasteiger charge is 2.40. The van der Waals surface area contributed by atoms with Crippen molar-refractivity contribution in [1.82, 2.24) is 4.90 Å².